The summed E-state index contributed by atoms with van der Waals surface area (Å²) in [5, 5.41) is 4.01. The fourth-order valence-corrected chi connectivity index (χ4v) is 2.45. The van der Waals surface area contributed by atoms with E-state index in [1.807, 2.05) is 31.3 Å². The summed E-state index contributed by atoms with van der Waals surface area (Å²) in [6.07, 6.45) is 1.95. The second-order valence-electron chi connectivity index (χ2n) is 4.36. The molecule has 2 rings (SSSR count). The molecule has 3 nitrogen and oxygen atoms in total. The zero-order valence-corrected chi connectivity index (χ0v) is 12.4. The van der Waals surface area contributed by atoms with Gasteiger partial charge >= 0.3 is 0 Å². The van der Waals surface area contributed by atoms with Gasteiger partial charge in [-0.05, 0) is 39.1 Å². The Morgan fingerprint density at radius 1 is 1.50 bits per heavy atom. The number of halogens is 1. The lowest BCUT2D eigenvalue weighted by Crippen LogP contribution is -2.30. The Hall–Kier alpha value is -1.13. The first-order chi connectivity index (χ1) is 8.58. The number of Topliss-reactive ketones (excluding diaryl/α,β-unsaturated/α-hetero) is 1. The maximum absolute atomic E-state index is 12.3. The number of nitrogens with zero attached hydrogens (tertiary/aromatic N) is 1. The summed E-state index contributed by atoms with van der Waals surface area (Å²) >= 11 is 3.46. The first-order valence-electron chi connectivity index (χ1n) is 6.08. The van der Waals surface area contributed by atoms with Gasteiger partial charge in [-0.2, -0.15) is 0 Å². The van der Waals surface area contributed by atoms with Crippen molar-refractivity contribution in [1.82, 2.24) is 9.88 Å². The van der Waals surface area contributed by atoms with Crippen molar-refractivity contribution in [3.63, 3.8) is 0 Å². The van der Waals surface area contributed by atoms with E-state index < -0.39 is 0 Å². The minimum atomic E-state index is -0.167. The predicted octanol–water partition coefficient (Wildman–Crippen LogP) is 3.21. The Labute approximate surface area is 115 Å². The van der Waals surface area contributed by atoms with E-state index in [9.17, 15) is 4.79 Å². The summed E-state index contributed by atoms with van der Waals surface area (Å²) in [4.78, 5) is 12.3. The molecule has 96 valence electrons. The molecule has 2 aromatic rings. The van der Waals surface area contributed by atoms with Crippen molar-refractivity contribution in [2.75, 3.05) is 7.05 Å². The molecule has 1 atom stereocenters. The van der Waals surface area contributed by atoms with Crippen molar-refractivity contribution in [2.24, 2.45) is 0 Å². The van der Waals surface area contributed by atoms with E-state index in [4.69, 9.17) is 0 Å². The van der Waals surface area contributed by atoms with E-state index in [0.717, 1.165) is 27.5 Å². The van der Waals surface area contributed by atoms with E-state index in [1.165, 1.54) is 0 Å². The van der Waals surface area contributed by atoms with Crippen molar-refractivity contribution in [3.05, 3.63) is 34.4 Å². The molecule has 0 radical (unpaired) electrons. The molecule has 1 unspecified atom stereocenters. The number of hydrogen-bond acceptors (Lipinski definition) is 2. The van der Waals surface area contributed by atoms with Crippen LogP contribution in [0.5, 0.6) is 0 Å². The second kappa shape index (κ2) is 5.24. The van der Waals surface area contributed by atoms with Crippen LogP contribution in [-0.2, 0) is 6.54 Å². The molecule has 0 fully saturated rings. The molecule has 0 saturated heterocycles. The van der Waals surface area contributed by atoms with Gasteiger partial charge in [0.15, 0.2) is 5.78 Å². The number of rotatable bonds is 4. The van der Waals surface area contributed by atoms with Crippen LogP contribution in [0.3, 0.4) is 0 Å². The highest BCUT2D eigenvalue weighted by Crippen LogP contribution is 2.26. The summed E-state index contributed by atoms with van der Waals surface area (Å²) in [5.74, 6) is 0.132. The number of fused-ring (bicyclic) bond motifs is 1. The van der Waals surface area contributed by atoms with Crippen LogP contribution in [-0.4, -0.2) is 23.4 Å². The molecule has 0 aliphatic rings. The molecule has 0 aliphatic carbocycles. The Bertz CT molecular complexity index is 589. The lowest BCUT2D eigenvalue weighted by atomic mass is 10.0. The van der Waals surface area contributed by atoms with Crippen molar-refractivity contribution in [1.29, 1.82) is 0 Å². The van der Waals surface area contributed by atoms with Crippen molar-refractivity contribution < 1.29 is 4.79 Å². The zero-order valence-electron chi connectivity index (χ0n) is 10.8. The molecule has 0 aliphatic heterocycles. The van der Waals surface area contributed by atoms with Gasteiger partial charge in [0.1, 0.15) is 0 Å². The van der Waals surface area contributed by atoms with Gasteiger partial charge in [0.05, 0.1) is 6.04 Å². The molecule has 0 bridgehead atoms. The average Bonchev–Trinajstić information content (AvgIpc) is 2.74. The highest BCUT2D eigenvalue weighted by molar-refractivity contribution is 9.10. The molecule has 1 aromatic carbocycles. The SMILES string of the molecule is CCn1cc(C(=O)C(C)NC)c2cc(Br)ccc21. The number of carbonyl (C=O) groups is 1. The molecular weight excluding hydrogens is 292 g/mol. The third kappa shape index (κ3) is 2.22. The van der Waals surface area contributed by atoms with Gasteiger partial charge in [0.25, 0.3) is 0 Å². The topological polar surface area (TPSA) is 34.0 Å². The maximum Gasteiger partial charge on any atom is 0.181 e. The average molecular weight is 309 g/mol. The lowest BCUT2D eigenvalue weighted by molar-refractivity contribution is 0.0956. The fourth-order valence-electron chi connectivity index (χ4n) is 2.09. The third-order valence-corrected chi connectivity index (χ3v) is 3.77. The number of likely N-dealkylation sites (N-methyl/N-ethyl adjacent to an activating group) is 1. The van der Waals surface area contributed by atoms with E-state index in [1.54, 1.807) is 7.05 Å². The first-order valence-corrected chi connectivity index (χ1v) is 6.87. The molecule has 1 aromatic heterocycles. The molecule has 1 N–H and O–H groups in total. The van der Waals surface area contributed by atoms with Crippen molar-refractivity contribution in [3.8, 4) is 0 Å². The summed E-state index contributed by atoms with van der Waals surface area (Å²) in [7, 11) is 1.80. The number of benzene rings is 1. The Balaban J connectivity index is 2.63. The Morgan fingerprint density at radius 2 is 2.22 bits per heavy atom. The summed E-state index contributed by atoms with van der Waals surface area (Å²) in [6, 6.07) is 5.89. The minimum absolute atomic E-state index is 0.132. The smallest absolute Gasteiger partial charge is 0.181 e. The number of aryl methyl sites for hydroxylation is 1. The first kappa shape index (κ1) is 13.3. The number of hydrogen-bond donors (Lipinski definition) is 1. The summed E-state index contributed by atoms with van der Waals surface area (Å²) < 4.78 is 3.10. The highest BCUT2D eigenvalue weighted by atomic mass is 79.9. The van der Waals surface area contributed by atoms with Crippen LogP contribution in [0.2, 0.25) is 0 Å². The van der Waals surface area contributed by atoms with E-state index in [-0.39, 0.29) is 11.8 Å². The zero-order chi connectivity index (χ0) is 13.3. The lowest BCUT2D eigenvalue weighted by Gasteiger charge is -2.07. The largest absolute Gasteiger partial charge is 0.347 e. The summed E-state index contributed by atoms with van der Waals surface area (Å²) in [6.45, 7) is 4.83. The van der Waals surface area contributed by atoms with Gasteiger partial charge in [-0.25, -0.2) is 0 Å². The predicted molar refractivity (Wildman–Crippen MR) is 78.2 cm³/mol. The monoisotopic (exact) mass is 308 g/mol. The standard InChI is InChI=1S/C14H17BrN2O/c1-4-17-8-12(14(18)9(2)16-3)11-7-10(15)5-6-13(11)17/h5-9,16H,4H2,1-3H3. The number of aromatic nitrogens is 1. The molecule has 18 heavy (non-hydrogen) atoms. The van der Waals surface area contributed by atoms with Gasteiger partial charge < -0.3 is 9.88 Å². The van der Waals surface area contributed by atoms with Gasteiger partial charge in [0.2, 0.25) is 0 Å². The van der Waals surface area contributed by atoms with Gasteiger partial charge in [0, 0.05) is 33.7 Å². The molecule has 0 amide bonds. The molecular formula is C14H17BrN2O. The van der Waals surface area contributed by atoms with Crippen LogP contribution in [0.1, 0.15) is 24.2 Å². The van der Waals surface area contributed by atoms with Crippen molar-refractivity contribution >= 4 is 32.6 Å². The van der Waals surface area contributed by atoms with Gasteiger partial charge in [-0.1, -0.05) is 15.9 Å². The number of carbonyl (C=O) groups excluding carboxylic acids is 1. The molecule has 0 saturated carbocycles. The molecule has 4 heteroatoms. The minimum Gasteiger partial charge on any atom is -0.347 e. The third-order valence-electron chi connectivity index (χ3n) is 3.28. The highest BCUT2D eigenvalue weighted by Gasteiger charge is 2.19. The van der Waals surface area contributed by atoms with E-state index in [2.05, 4.69) is 32.7 Å². The van der Waals surface area contributed by atoms with Crippen LogP contribution in [0, 0.1) is 0 Å². The van der Waals surface area contributed by atoms with Gasteiger partial charge in [-0.15, -0.1) is 0 Å². The second-order valence-corrected chi connectivity index (χ2v) is 5.28. The van der Waals surface area contributed by atoms with Crippen molar-refractivity contribution in [2.45, 2.75) is 26.4 Å². The quantitative estimate of drug-likeness (QED) is 0.880. The fraction of sp³-hybridized carbons (Fsp3) is 0.357. The maximum atomic E-state index is 12.3. The van der Waals surface area contributed by atoms with Crippen LogP contribution < -0.4 is 5.32 Å². The summed E-state index contributed by atoms with van der Waals surface area (Å²) in [5.41, 5.74) is 1.89. The Kier molecular flexibility index (Phi) is 3.88. The molecule has 1 heterocycles. The number of ketones is 1. The molecule has 0 spiro atoms. The van der Waals surface area contributed by atoms with Gasteiger partial charge in [-0.3, -0.25) is 4.79 Å². The van der Waals surface area contributed by atoms with Crippen LogP contribution in [0.25, 0.3) is 10.9 Å². The van der Waals surface area contributed by atoms with Crippen LogP contribution >= 0.6 is 15.9 Å². The van der Waals surface area contributed by atoms with E-state index in [0.29, 0.717) is 0 Å². The number of nitrogens with one attached hydrogen (secondary N) is 1. The Morgan fingerprint density at radius 3 is 2.83 bits per heavy atom. The van der Waals surface area contributed by atoms with Crippen LogP contribution in [0.15, 0.2) is 28.9 Å². The van der Waals surface area contributed by atoms with E-state index >= 15 is 0 Å². The normalized spacial score (nSPS) is 12.9. The van der Waals surface area contributed by atoms with Crippen LogP contribution in [0.4, 0.5) is 0 Å².